The average Bonchev–Trinajstić information content (AvgIpc) is 3.55. The van der Waals surface area contributed by atoms with Crippen LogP contribution in [0.25, 0.3) is 10.9 Å². The number of methoxy groups -OCH3 is 1. The summed E-state index contributed by atoms with van der Waals surface area (Å²) in [4.78, 5) is 43.7. The zero-order chi connectivity index (χ0) is 24.7. The Hall–Kier alpha value is -3.25. The second kappa shape index (κ2) is 9.08. The molecule has 3 fully saturated rings. The molecule has 184 valence electrons. The number of aromatic nitrogens is 1. The summed E-state index contributed by atoms with van der Waals surface area (Å²) in [7, 11) is 1.55. The summed E-state index contributed by atoms with van der Waals surface area (Å²) in [6.45, 7) is 1.08. The van der Waals surface area contributed by atoms with Gasteiger partial charge in [0.05, 0.1) is 23.7 Å². The van der Waals surface area contributed by atoms with Crippen LogP contribution in [0.2, 0.25) is 5.02 Å². The Balaban J connectivity index is 1.38. The lowest BCUT2D eigenvalue weighted by Gasteiger charge is -2.37. The minimum Gasteiger partial charge on any atom is -0.496 e. The number of amides is 3. The van der Waals surface area contributed by atoms with Gasteiger partial charge in [-0.25, -0.2) is 0 Å². The van der Waals surface area contributed by atoms with Gasteiger partial charge in [-0.15, -0.1) is 0 Å². The number of aromatic amines is 1. The fourth-order valence-corrected chi connectivity index (χ4v) is 5.93. The third kappa shape index (κ3) is 4.20. The van der Waals surface area contributed by atoms with E-state index < -0.39 is 12.1 Å². The Morgan fingerprint density at radius 1 is 1.40 bits per heavy atom. The lowest BCUT2D eigenvalue weighted by molar-refractivity contribution is -0.126. The normalized spacial score (nSPS) is 23.6. The van der Waals surface area contributed by atoms with Crippen LogP contribution in [0.4, 0.5) is 0 Å². The fraction of sp³-hybridized carbons (Fsp3) is 0.520. The maximum Gasteiger partial charge on any atom is 0.271 e. The van der Waals surface area contributed by atoms with Gasteiger partial charge in [0.2, 0.25) is 11.8 Å². The number of nitrogens with zero attached hydrogens (tertiary/aromatic N) is 2. The summed E-state index contributed by atoms with van der Waals surface area (Å²) in [5, 5.41) is 16.4. The van der Waals surface area contributed by atoms with Crippen LogP contribution < -0.4 is 15.4 Å². The molecule has 2 aliphatic heterocycles. The van der Waals surface area contributed by atoms with E-state index in [0.29, 0.717) is 53.3 Å². The third-order valence-electron chi connectivity index (χ3n) is 7.79. The van der Waals surface area contributed by atoms with Crippen LogP contribution in [0.5, 0.6) is 5.75 Å². The summed E-state index contributed by atoms with van der Waals surface area (Å²) in [5.74, 6) is -0.409. The predicted molar refractivity (Wildman–Crippen MR) is 129 cm³/mol. The smallest absolute Gasteiger partial charge is 0.271 e. The predicted octanol–water partition coefficient (Wildman–Crippen LogP) is 2.75. The molecule has 1 aliphatic carbocycles. The van der Waals surface area contributed by atoms with Crippen LogP contribution in [-0.2, 0) is 9.59 Å². The molecule has 5 rings (SSSR count). The minimum atomic E-state index is -0.789. The molecule has 35 heavy (non-hydrogen) atoms. The number of hydrogen-bond acceptors (Lipinski definition) is 5. The number of nitrogens with one attached hydrogen (secondary N) is 3. The van der Waals surface area contributed by atoms with E-state index in [9.17, 15) is 19.6 Å². The van der Waals surface area contributed by atoms with Crippen molar-refractivity contribution in [2.75, 3.05) is 20.2 Å². The zero-order valence-electron chi connectivity index (χ0n) is 19.5. The molecule has 3 aliphatic rings. The van der Waals surface area contributed by atoms with Gasteiger partial charge in [0.1, 0.15) is 23.5 Å². The van der Waals surface area contributed by atoms with Crippen LogP contribution in [-0.4, -0.2) is 59.9 Å². The number of rotatable bonds is 6. The zero-order valence-corrected chi connectivity index (χ0v) is 20.3. The number of ether oxygens (including phenoxy) is 1. The van der Waals surface area contributed by atoms with Gasteiger partial charge in [-0.2, -0.15) is 5.26 Å². The second-order valence-electron chi connectivity index (χ2n) is 9.93. The van der Waals surface area contributed by atoms with Gasteiger partial charge in [0.15, 0.2) is 0 Å². The third-order valence-corrected chi connectivity index (χ3v) is 8.11. The van der Waals surface area contributed by atoms with Crippen LogP contribution in [0.1, 0.15) is 49.0 Å². The van der Waals surface area contributed by atoms with E-state index in [1.165, 1.54) is 0 Å². The highest BCUT2D eigenvalue weighted by Gasteiger charge is 2.52. The van der Waals surface area contributed by atoms with Crippen molar-refractivity contribution >= 4 is 40.2 Å². The number of likely N-dealkylation sites (tertiary alicyclic amines) is 1. The van der Waals surface area contributed by atoms with E-state index in [1.54, 1.807) is 30.2 Å². The first-order valence-corrected chi connectivity index (χ1v) is 12.4. The van der Waals surface area contributed by atoms with E-state index in [2.05, 4.69) is 21.7 Å². The molecule has 1 aromatic carbocycles. The molecule has 2 saturated heterocycles. The van der Waals surface area contributed by atoms with Crippen molar-refractivity contribution in [1.29, 1.82) is 5.26 Å². The minimum absolute atomic E-state index is 0.0630. The number of carbonyl (C=O) groups excluding carboxylic acids is 3. The molecule has 2 aromatic rings. The Bertz CT molecular complexity index is 1230. The SMILES string of the molecule is COc1ccc(Cl)c2[nH]c(C(=O)N3CC4(CCC4)C[C@@H]3C(=O)N[C@H](C#N)C[C@@H]3CCNC3=O)cc12. The Kier molecular flexibility index (Phi) is 6.09. The summed E-state index contributed by atoms with van der Waals surface area (Å²) in [5.41, 5.74) is 0.874. The van der Waals surface area contributed by atoms with Gasteiger partial charge >= 0.3 is 0 Å². The Labute approximate surface area is 208 Å². The van der Waals surface area contributed by atoms with Crippen molar-refractivity contribution in [2.24, 2.45) is 11.3 Å². The molecular formula is C25H28ClN5O4. The number of halogens is 1. The van der Waals surface area contributed by atoms with Gasteiger partial charge < -0.3 is 25.3 Å². The first-order valence-electron chi connectivity index (χ1n) is 12.0. The summed E-state index contributed by atoms with van der Waals surface area (Å²) >= 11 is 6.34. The number of benzene rings is 1. The number of hydrogen-bond donors (Lipinski definition) is 3. The molecule has 9 nitrogen and oxygen atoms in total. The monoisotopic (exact) mass is 497 g/mol. The number of H-pyrrole nitrogens is 1. The molecule has 3 N–H and O–H groups in total. The van der Waals surface area contributed by atoms with Gasteiger partial charge in [0, 0.05) is 24.4 Å². The lowest BCUT2D eigenvalue weighted by Crippen LogP contribution is -2.49. The summed E-state index contributed by atoms with van der Waals surface area (Å²) in [6.07, 6.45) is 4.49. The molecule has 3 amide bonds. The maximum atomic E-state index is 13.7. The molecule has 1 saturated carbocycles. The lowest BCUT2D eigenvalue weighted by atomic mass is 9.67. The van der Waals surface area contributed by atoms with E-state index in [0.717, 1.165) is 19.3 Å². The summed E-state index contributed by atoms with van der Waals surface area (Å²) < 4.78 is 5.41. The largest absolute Gasteiger partial charge is 0.496 e. The highest BCUT2D eigenvalue weighted by atomic mass is 35.5. The van der Waals surface area contributed by atoms with Crippen LogP contribution in [0, 0.1) is 22.7 Å². The van der Waals surface area contributed by atoms with E-state index in [-0.39, 0.29) is 35.5 Å². The van der Waals surface area contributed by atoms with Crippen molar-refractivity contribution in [3.05, 3.63) is 28.9 Å². The molecule has 10 heteroatoms. The molecule has 0 radical (unpaired) electrons. The molecule has 3 atom stereocenters. The molecule has 1 aromatic heterocycles. The van der Waals surface area contributed by atoms with Gasteiger partial charge in [-0.1, -0.05) is 18.0 Å². The highest BCUT2D eigenvalue weighted by molar-refractivity contribution is 6.35. The van der Waals surface area contributed by atoms with Crippen LogP contribution in [0.3, 0.4) is 0 Å². The average molecular weight is 498 g/mol. The van der Waals surface area contributed by atoms with Crippen molar-refractivity contribution < 1.29 is 19.1 Å². The standard InChI is InChI=1S/C25H28ClN5O4/c1-35-20-4-3-17(26)21-16(20)10-18(30-21)24(34)31-13-25(6-2-7-25)11-19(31)23(33)29-15(12-27)9-14-5-8-28-22(14)32/h3-4,10,14-15,19,30H,2,5-9,11,13H2,1H3,(H,28,32)(H,29,33)/t14-,15-,19+/m0/s1. The van der Waals surface area contributed by atoms with Crippen LogP contribution >= 0.6 is 11.6 Å². The molecular weight excluding hydrogens is 470 g/mol. The first kappa shape index (κ1) is 23.5. The fourth-order valence-electron chi connectivity index (χ4n) is 5.72. The van der Waals surface area contributed by atoms with Crippen molar-refractivity contribution in [3.63, 3.8) is 0 Å². The van der Waals surface area contributed by atoms with Gasteiger partial charge in [-0.3, -0.25) is 14.4 Å². The molecule has 3 heterocycles. The molecule has 0 unspecified atom stereocenters. The Morgan fingerprint density at radius 2 is 2.20 bits per heavy atom. The second-order valence-corrected chi connectivity index (χ2v) is 10.3. The quantitative estimate of drug-likeness (QED) is 0.565. The first-order chi connectivity index (χ1) is 16.8. The van der Waals surface area contributed by atoms with E-state index in [1.807, 2.05) is 0 Å². The van der Waals surface area contributed by atoms with Crippen molar-refractivity contribution in [1.82, 2.24) is 20.5 Å². The van der Waals surface area contributed by atoms with Gasteiger partial charge in [0.25, 0.3) is 5.91 Å². The topological polar surface area (TPSA) is 127 Å². The van der Waals surface area contributed by atoms with E-state index >= 15 is 0 Å². The van der Waals surface area contributed by atoms with Crippen molar-refractivity contribution in [3.8, 4) is 11.8 Å². The van der Waals surface area contributed by atoms with E-state index in [4.69, 9.17) is 16.3 Å². The number of carbonyl (C=O) groups is 3. The van der Waals surface area contributed by atoms with Crippen LogP contribution in [0.15, 0.2) is 18.2 Å². The van der Waals surface area contributed by atoms with Gasteiger partial charge in [-0.05, 0) is 55.7 Å². The summed E-state index contributed by atoms with van der Waals surface area (Å²) in [6, 6.07) is 5.80. The van der Waals surface area contributed by atoms with Crippen molar-refractivity contribution in [2.45, 2.75) is 50.6 Å². The maximum absolute atomic E-state index is 13.7. The molecule has 0 bridgehead atoms. The highest BCUT2D eigenvalue weighted by Crippen LogP contribution is 2.50. The number of fused-ring (bicyclic) bond motifs is 1. The molecule has 1 spiro atoms. The Morgan fingerprint density at radius 3 is 2.83 bits per heavy atom. The number of nitriles is 1.